The van der Waals surface area contributed by atoms with Crippen molar-refractivity contribution >= 4 is 0 Å². The van der Waals surface area contributed by atoms with E-state index in [1.807, 2.05) is 0 Å². The second-order valence-electron chi connectivity index (χ2n) is 5.26. The molecule has 0 radical (unpaired) electrons. The van der Waals surface area contributed by atoms with Crippen LogP contribution in [-0.4, -0.2) is 6.04 Å². The number of hydrazine groups is 1. The van der Waals surface area contributed by atoms with Crippen LogP contribution in [0.1, 0.15) is 45.6 Å². The number of benzene rings is 1. The van der Waals surface area contributed by atoms with Gasteiger partial charge < -0.3 is 0 Å². The van der Waals surface area contributed by atoms with Crippen molar-refractivity contribution in [3.05, 3.63) is 35.9 Å². The molecule has 3 atom stereocenters. The van der Waals surface area contributed by atoms with Crippen molar-refractivity contribution in [1.82, 2.24) is 5.43 Å². The van der Waals surface area contributed by atoms with Crippen LogP contribution in [0, 0.1) is 11.8 Å². The van der Waals surface area contributed by atoms with Crippen LogP contribution in [0.15, 0.2) is 30.3 Å². The summed E-state index contributed by atoms with van der Waals surface area (Å²) < 4.78 is 0. The SMILES string of the molecule is CCC(C)C(c1ccccc1)C(NN)C(C)C. The minimum absolute atomic E-state index is 0.326. The third-order valence-electron chi connectivity index (χ3n) is 3.74. The van der Waals surface area contributed by atoms with E-state index in [4.69, 9.17) is 5.84 Å². The van der Waals surface area contributed by atoms with Gasteiger partial charge in [-0.2, -0.15) is 0 Å². The second-order valence-corrected chi connectivity index (χ2v) is 5.26. The van der Waals surface area contributed by atoms with E-state index in [0.29, 0.717) is 23.8 Å². The lowest BCUT2D eigenvalue weighted by atomic mass is 9.76. The summed E-state index contributed by atoms with van der Waals surface area (Å²) in [4.78, 5) is 0. The van der Waals surface area contributed by atoms with Gasteiger partial charge in [-0.1, -0.05) is 64.4 Å². The van der Waals surface area contributed by atoms with Gasteiger partial charge in [0.05, 0.1) is 0 Å². The van der Waals surface area contributed by atoms with E-state index >= 15 is 0 Å². The summed E-state index contributed by atoms with van der Waals surface area (Å²) in [6.07, 6.45) is 1.17. The summed E-state index contributed by atoms with van der Waals surface area (Å²) in [5, 5.41) is 0. The lowest BCUT2D eigenvalue weighted by Gasteiger charge is -2.34. The van der Waals surface area contributed by atoms with Crippen LogP contribution in [0.5, 0.6) is 0 Å². The van der Waals surface area contributed by atoms with E-state index in [0.717, 1.165) is 0 Å². The summed E-state index contributed by atoms with van der Waals surface area (Å²) in [5.41, 5.74) is 4.40. The Balaban J connectivity index is 3.03. The maximum atomic E-state index is 5.75. The Kier molecular flexibility index (Phi) is 5.66. The van der Waals surface area contributed by atoms with Crippen molar-refractivity contribution < 1.29 is 0 Å². The first-order chi connectivity index (χ1) is 8.11. The molecule has 1 aromatic carbocycles. The maximum absolute atomic E-state index is 5.75. The molecule has 1 rings (SSSR count). The Morgan fingerprint density at radius 3 is 2.12 bits per heavy atom. The molecular formula is C15H26N2. The number of hydrogen-bond acceptors (Lipinski definition) is 2. The largest absolute Gasteiger partial charge is 0.271 e. The third kappa shape index (κ3) is 3.55. The smallest absolute Gasteiger partial charge is 0.0304 e. The second kappa shape index (κ2) is 6.77. The quantitative estimate of drug-likeness (QED) is 0.585. The molecule has 0 bridgehead atoms. The van der Waals surface area contributed by atoms with Crippen molar-refractivity contribution in [1.29, 1.82) is 0 Å². The molecule has 0 aliphatic carbocycles. The van der Waals surface area contributed by atoms with Crippen LogP contribution in [0.25, 0.3) is 0 Å². The molecule has 0 saturated heterocycles. The average Bonchev–Trinajstić information content (AvgIpc) is 2.35. The Hall–Kier alpha value is -0.860. The number of hydrogen-bond donors (Lipinski definition) is 2. The standard InChI is InChI=1S/C15H26N2/c1-5-12(4)14(15(17-16)11(2)3)13-9-7-6-8-10-13/h6-12,14-15,17H,5,16H2,1-4H3. The normalized spacial score (nSPS) is 16.8. The van der Waals surface area contributed by atoms with E-state index in [1.165, 1.54) is 12.0 Å². The van der Waals surface area contributed by atoms with Crippen molar-refractivity contribution in [2.24, 2.45) is 17.7 Å². The zero-order valence-electron chi connectivity index (χ0n) is 11.5. The van der Waals surface area contributed by atoms with Crippen LogP contribution >= 0.6 is 0 Å². The molecule has 3 unspecified atom stereocenters. The van der Waals surface area contributed by atoms with E-state index in [-0.39, 0.29) is 0 Å². The summed E-state index contributed by atoms with van der Waals surface area (Å²) >= 11 is 0. The van der Waals surface area contributed by atoms with Gasteiger partial charge in [-0.05, 0) is 17.4 Å². The summed E-state index contributed by atoms with van der Waals surface area (Å²) in [6.45, 7) is 9.00. The average molecular weight is 234 g/mol. The number of nitrogens with one attached hydrogen (secondary N) is 1. The molecule has 96 valence electrons. The Labute approximate surface area is 106 Å². The fourth-order valence-corrected chi connectivity index (χ4v) is 2.53. The fourth-order valence-electron chi connectivity index (χ4n) is 2.53. The molecule has 1 aromatic rings. The predicted octanol–water partition coefficient (Wildman–Crippen LogP) is 3.30. The minimum atomic E-state index is 0.326. The Bertz CT molecular complexity index is 308. The monoisotopic (exact) mass is 234 g/mol. The minimum Gasteiger partial charge on any atom is -0.271 e. The molecule has 0 spiro atoms. The van der Waals surface area contributed by atoms with Gasteiger partial charge >= 0.3 is 0 Å². The predicted molar refractivity (Wildman–Crippen MR) is 74.6 cm³/mol. The highest BCUT2D eigenvalue weighted by Gasteiger charge is 2.28. The highest BCUT2D eigenvalue weighted by atomic mass is 15.2. The zero-order valence-corrected chi connectivity index (χ0v) is 11.5. The topological polar surface area (TPSA) is 38.0 Å². The highest BCUT2D eigenvalue weighted by Crippen LogP contribution is 2.32. The van der Waals surface area contributed by atoms with Crippen LogP contribution in [-0.2, 0) is 0 Å². The van der Waals surface area contributed by atoms with Crippen LogP contribution in [0.3, 0.4) is 0 Å². The molecule has 0 aliphatic rings. The highest BCUT2D eigenvalue weighted by molar-refractivity contribution is 5.22. The molecule has 0 amide bonds. The fraction of sp³-hybridized carbons (Fsp3) is 0.600. The van der Waals surface area contributed by atoms with Gasteiger partial charge in [0, 0.05) is 12.0 Å². The van der Waals surface area contributed by atoms with Gasteiger partial charge in [-0.15, -0.1) is 0 Å². The van der Waals surface area contributed by atoms with Gasteiger partial charge in [0.25, 0.3) is 0 Å². The van der Waals surface area contributed by atoms with Crippen molar-refractivity contribution in [2.45, 2.75) is 46.1 Å². The van der Waals surface area contributed by atoms with Crippen molar-refractivity contribution in [3.8, 4) is 0 Å². The van der Waals surface area contributed by atoms with Crippen LogP contribution < -0.4 is 11.3 Å². The number of nitrogens with two attached hydrogens (primary N) is 1. The van der Waals surface area contributed by atoms with Gasteiger partial charge in [0.2, 0.25) is 0 Å². The van der Waals surface area contributed by atoms with Gasteiger partial charge in [-0.3, -0.25) is 11.3 Å². The summed E-state index contributed by atoms with van der Waals surface area (Å²) in [7, 11) is 0. The van der Waals surface area contributed by atoms with E-state index in [1.54, 1.807) is 0 Å². The molecule has 2 nitrogen and oxygen atoms in total. The summed E-state index contributed by atoms with van der Waals surface area (Å²) in [6, 6.07) is 11.0. The van der Waals surface area contributed by atoms with E-state index < -0.39 is 0 Å². The van der Waals surface area contributed by atoms with Crippen LogP contribution in [0.4, 0.5) is 0 Å². The number of rotatable bonds is 6. The molecular weight excluding hydrogens is 208 g/mol. The molecule has 0 fully saturated rings. The molecule has 0 aromatic heterocycles. The first kappa shape index (κ1) is 14.2. The zero-order chi connectivity index (χ0) is 12.8. The summed E-state index contributed by atoms with van der Waals surface area (Å²) in [5.74, 6) is 7.39. The van der Waals surface area contributed by atoms with Gasteiger partial charge in [0.15, 0.2) is 0 Å². The Morgan fingerprint density at radius 1 is 1.12 bits per heavy atom. The van der Waals surface area contributed by atoms with Gasteiger partial charge in [0.1, 0.15) is 0 Å². The molecule has 17 heavy (non-hydrogen) atoms. The maximum Gasteiger partial charge on any atom is 0.0304 e. The van der Waals surface area contributed by atoms with Gasteiger partial charge in [-0.25, -0.2) is 0 Å². The van der Waals surface area contributed by atoms with E-state index in [2.05, 4.69) is 63.5 Å². The first-order valence-electron chi connectivity index (χ1n) is 6.62. The van der Waals surface area contributed by atoms with Crippen LogP contribution in [0.2, 0.25) is 0 Å². The molecule has 0 saturated carbocycles. The van der Waals surface area contributed by atoms with Crippen molar-refractivity contribution in [2.75, 3.05) is 0 Å². The molecule has 2 heteroatoms. The molecule has 0 aliphatic heterocycles. The van der Waals surface area contributed by atoms with E-state index in [9.17, 15) is 0 Å². The first-order valence-corrected chi connectivity index (χ1v) is 6.62. The lowest BCUT2D eigenvalue weighted by molar-refractivity contribution is 0.279. The Morgan fingerprint density at radius 2 is 1.71 bits per heavy atom. The van der Waals surface area contributed by atoms with Crippen molar-refractivity contribution in [3.63, 3.8) is 0 Å². The third-order valence-corrected chi connectivity index (χ3v) is 3.74. The lowest BCUT2D eigenvalue weighted by Crippen LogP contribution is -2.45. The molecule has 0 heterocycles. The molecule has 3 N–H and O–H groups in total.